The van der Waals surface area contributed by atoms with Crippen LogP contribution in [0.2, 0.25) is 0 Å². The van der Waals surface area contributed by atoms with Gasteiger partial charge >= 0.3 is 18.4 Å². The third-order valence-corrected chi connectivity index (χ3v) is 9.60. The van der Waals surface area contributed by atoms with Crippen molar-refractivity contribution in [1.29, 1.82) is 0 Å². The number of carbonyl (C=O) groups is 3. The number of fused-ring (bicyclic) bond motifs is 3. The molecule has 0 aliphatic rings. The van der Waals surface area contributed by atoms with Crippen molar-refractivity contribution in [2.45, 2.75) is 39.3 Å². The Bertz CT molecular complexity index is 2810. The van der Waals surface area contributed by atoms with E-state index in [0.717, 1.165) is 32.9 Å². The highest BCUT2D eigenvalue weighted by atomic mass is 19.4. The summed E-state index contributed by atoms with van der Waals surface area (Å²) in [4.78, 5) is 57.6. The van der Waals surface area contributed by atoms with Gasteiger partial charge in [0.2, 0.25) is 11.2 Å². The van der Waals surface area contributed by atoms with Gasteiger partial charge in [0.1, 0.15) is 19.8 Å². The Morgan fingerprint density at radius 2 is 1.09 bits per heavy atom. The summed E-state index contributed by atoms with van der Waals surface area (Å²) in [6.45, 7) is 1.67. The summed E-state index contributed by atoms with van der Waals surface area (Å²) in [5.41, 5.74) is 2.94. The fourth-order valence-corrected chi connectivity index (χ4v) is 6.76. The smallest absolute Gasteiger partial charge is 0.411 e. The number of pyridine rings is 1. The Morgan fingerprint density at radius 1 is 0.636 bits per heavy atom. The molecule has 66 heavy (non-hydrogen) atoms. The molecule has 0 saturated carbocycles. The minimum atomic E-state index is -4.64. The van der Waals surface area contributed by atoms with Crippen LogP contribution in [0.1, 0.15) is 24.5 Å². The van der Waals surface area contributed by atoms with Crippen LogP contribution in [-0.4, -0.2) is 62.6 Å². The molecule has 0 unspecified atom stereocenters. The molecule has 1 aromatic heterocycles. The van der Waals surface area contributed by atoms with E-state index in [9.17, 15) is 52.9 Å². The number of aliphatic carboxylic acids is 1. The van der Waals surface area contributed by atoms with Gasteiger partial charge in [0.15, 0.2) is 23.0 Å². The number of nitro groups is 2. The fourth-order valence-electron chi connectivity index (χ4n) is 6.76. The van der Waals surface area contributed by atoms with Gasteiger partial charge in [-0.05, 0) is 55.5 Å². The van der Waals surface area contributed by atoms with E-state index in [0.29, 0.717) is 17.9 Å². The molecule has 0 aliphatic heterocycles. The number of nitrogens with zero attached hydrogens (tertiary/aromatic N) is 3. The number of rotatable bonds is 15. The minimum absolute atomic E-state index is 0.113. The van der Waals surface area contributed by atoms with Crippen LogP contribution in [0.5, 0.6) is 23.0 Å². The van der Waals surface area contributed by atoms with Gasteiger partial charge in [-0.2, -0.15) is 17.7 Å². The lowest BCUT2D eigenvalue weighted by Crippen LogP contribution is -2.36. The number of nitrogens with one attached hydrogen (secondary N) is 2. The first-order valence-corrected chi connectivity index (χ1v) is 19.3. The number of amides is 2. The van der Waals surface area contributed by atoms with Crippen molar-refractivity contribution in [3.8, 4) is 34.3 Å². The van der Waals surface area contributed by atoms with Gasteiger partial charge in [-0.1, -0.05) is 24.3 Å². The quantitative estimate of drug-likeness (QED) is 0.0429. The molecule has 6 rings (SSSR count). The number of nitro benzene ring substituents is 2. The highest BCUT2D eigenvalue weighted by molar-refractivity contribution is 6.11. The highest BCUT2D eigenvalue weighted by Gasteiger charge is 2.28. The summed E-state index contributed by atoms with van der Waals surface area (Å²) in [6, 6.07) is 25.6. The van der Waals surface area contributed by atoms with E-state index in [4.69, 9.17) is 28.4 Å². The Kier molecular flexibility index (Phi) is 15.7. The number of aromatic nitrogens is 1. The SMILES string of the molecule is CC[n+]1c(-c2ccccc2)c2cc(NC(=O)OCc3cc(OC)c(OC)cc3[N+](=O)[O-])ccc2c2ccc(NC(=O)OCc3cc(OC)c(OC)cc3[N+](=O)[O-])cc21.O=C([O-])CC(F)(F)F. The van der Waals surface area contributed by atoms with Crippen LogP contribution in [0.4, 0.5) is 45.5 Å². The van der Waals surface area contributed by atoms with Crippen LogP contribution in [0.25, 0.3) is 32.9 Å². The summed E-state index contributed by atoms with van der Waals surface area (Å²) in [5, 5.41) is 40.6. The molecule has 22 heteroatoms. The van der Waals surface area contributed by atoms with E-state index in [1.54, 1.807) is 12.1 Å². The maximum Gasteiger partial charge on any atom is 0.411 e. The van der Waals surface area contributed by atoms with Crippen LogP contribution in [0.3, 0.4) is 0 Å². The molecule has 0 saturated heterocycles. The highest BCUT2D eigenvalue weighted by Crippen LogP contribution is 2.37. The van der Waals surface area contributed by atoms with E-state index in [1.807, 2.05) is 61.5 Å². The van der Waals surface area contributed by atoms with E-state index in [2.05, 4.69) is 15.2 Å². The molecular formula is C44H40F3N5O14. The molecule has 5 aromatic carbocycles. The molecule has 0 radical (unpaired) electrons. The summed E-state index contributed by atoms with van der Waals surface area (Å²) < 4.78 is 66.4. The normalized spacial score (nSPS) is 10.8. The second-order valence-electron chi connectivity index (χ2n) is 13.7. The predicted octanol–water partition coefficient (Wildman–Crippen LogP) is 8.00. The third kappa shape index (κ3) is 11.8. The van der Waals surface area contributed by atoms with Crippen molar-refractivity contribution < 1.29 is 75.5 Å². The lowest BCUT2D eigenvalue weighted by molar-refractivity contribution is -0.655. The van der Waals surface area contributed by atoms with Crippen LogP contribution < -0.4 is 39.3 Å². The second kappa shape index (κ2) is 21.3. The number of aryl methyl sites for hydroxylation is 1. The average Bonchev–Trinajstić information content (AvgIpc) is 3.28. The third-order valence-electron chi connectivity index (χ3n) is 9.60. The number of methoxy groups -OCH3 is 4. The van der Waals surface area contributed by atoms with Gasteiger partial charge in [0.05, 0.1) is 90.4 Å². The van der Waals surface area contributed by atoms with Crippen molar-refractivity contribution in [3.05, 3.63) is 122 Å². The standard InChI is InChI=1S/C41H37N5O12.C3H3F3O2/c1-6-44-34-19-28(43-41(48)58-23-26-17-36(54-3)38(56-5)21-33(26)46(51)52)13-15-30(34)29-14-12-27(18-31(29)39(44)24-10-8-7-9-11-24)42-40(47)57-22-25-16-35(53-2)37(55-4)20-32(25)45(49)50;4-3(5,6)1-2(7)8/h7-21H,6,22-23H2,1-5H3,(H,42,47);1H2,(H,7,8). The number of ether oxygens (including phenoxy) is 6. The summed E-state index contributed by atoms with van der Waals surface area (Å²) in [7, 11) is 5.51. The van der Waals surface area contributed by atoms with Gasteiger partial charge in [-0.15, -0.1) is 0 Å². The number of anilines is 2. The van der Waals surface area contributed by atoms with E-state index in [1.165, 1.54) is 52.7 Å². The monoisotopic (exact) mass is 919 g/mol. The van der Waals surface area contributed by atoms with Crippen LogP contribution in [0, 0.1) is 20.2 Å². The molecular weight excluding hydrogens is 879 g/mol. The van der Waals surface area contributed by atoms with Gasteiger partial charge < -0.3 is 38.3 Å². The maximum absolute atomic E-state index is 13.1. The predicted molar refractivity (Wildman–Crippen MR) is 228 cm³/mol. The van der Waals surface area contributed by atoms with Gasteiger partial charge in [0.25, 0.3) is 11.4 Å². The minimum Gasteiger partial charge on any atom is -0.550 e. The first-order chi connectivity index (χ1) is 31.4. The van der Waals surface area contributed by atoms with Gasteiger partial charge in [0, 0.05) is 22.7 Å². The lowest BCUT2D eigenvalue weighted by atomic mass is 9.98. The molecule has 346 valence electrons. The number of hydrogen-bond acceptors (Lipinski definition) is 14. The number of hydrogen-bond donors (Lipinski definition) is 2. The number of carboxylic acids is 1. The molecule has 0 aliphatic carbocycles. The number of halogens is 3. The van der Waals surface area contributed by atoms with Crippen LogP contribution in [0.15, 0.2) is 91.0 Å². The average molecular weight is 920 g/mol. The van der Waals surface area contributed by atoms with Crippen LogP contribution in [-0.2, 0) is 34.0 Å². The number of benzene rings is 5. The molecule has 2 N–H and O–H groups in total. The van der Waals surface area contributed by atoms with E-state index in [-0.39, 0.29) is 45.5 Å². The Labute approximate surface area is 372 Å². The maximum atomic E-state index is 13.1. The van der Waals surface area contributed by atoms with Crippen molar-refractivity contribution in [1.82, 2.24) is 0 Å². The van der Waals surface area contributed by atoms with Gasteiger partial charge in [-0.3, -0.25) is 30.9 Å². The van der Waals surface area contributed by atoms with E-state index < -0.39 is 53.8 Å². The van der Waals surface area contributed by atoms with Crippen molar-refractivity contribution in [3.63, 3.8) is 0 Å². The second-order valence-corrected chi connectivity index (χ2v) is 13.7. The molecule has 2 amide bonds. The summed E-state index contributed by atoms with van der Waals surface area (Å²) >= 11 is 0. The first-order valence-electron chi connectivity index (χ1n) is 19.3. The molecule has 6 aromatic rings. The van der Waals surface area contributed by atoms with Crippen LogP contribution >= 0.6 is 0 Å². The molecule has 0 fully saturated rings. The Morgan fingerprint density at radius 3 is 1.50 bits per heavy atom. The van der Waals surface area contributed by atoms with Gasteiger partial charge in [-0.25, -0.2) is 9.59 Å². The van der Waals surface area contributed by atoms with E-state index >= 15 is 0 Å². The number of carbonyl (C=O) groups excluding carboxylic acids is 3. The summed E-state index contributed by atoms with van der Waals surface area (Å²) in [6.07, 6.45) is -8.18. The Hall–Kier alpha value is -8.43. The topological polar surface area (TPSA) is 244 Å². The fraction of sp³-hybridized carbons (Fsp3) is 0.227. The summed E-state index contributed by atoms with van der Waals surface area (Å²) in [5.74, 6) is -1.28. The lowest BCUT2D eigenvalue weighted by Gasteiger charge is -2.14. The number of alkyl halides is 3. The Balaban J connectivity index is 0.000000933. The number of carboxylic acid groups (broad SMARTS) is 1. The molecule has 19 nitrogen and oxygen atoms in total. The molecule has 0 atom stereocenters. The largest absolute Gasteiger partial charge is 0.550 e. The molecule has 1 heterocycles. The zero-order chi connectivity index (χ0) is 48.3. The molecule has 0 bridgehead atoms. The zero-order valence-electron chi connectivity index (χ0n) is 35.7. The van der Waals surface area contributed by atoms with Crippen molar-refractivity contribution >= 4 is 62.6 Å². The first kappa shape index (κ1) is 48.6. The zero-order valence-corrected chi connectivity index (χ0v) is 35.7. The van der Waals surface area contributed by atoms with Crippen molar-refractivity contribution in [2.75, 3.05) is 39.1 Å². The molecule has 0 spiro atoms. The van der Waals surface area contributed by atoms with Crippen molar-refractivity contribution in [2.24, 2.45) is 0 Å².